The number of aromatic hydroxyl groups is 1. The molecule has 1 aliphatic carbocycles. The summed E-state index contributed by atoms with van der Waals surface area (Å²) in [5.74, 6) is 2.30. The molecule has 0 radical (unpaired) electrons. The normalized spacial score (nSPS) is 17.3. The third-order valence-electron chi connectivity index (χ3n) is 6.52. The summed E-state index contributed by atoms with van der Waals surface area (Å²) < 4.78 is 0. The van der Waals surface area contributed by atoms with Crippen LogP contribution in [-0.4, -0.2) is 38.1 Å². The van der Waals surface area contributed by atoms with Crippen LogP contribution in [0.2, 0.25) is 0 Å². The Morgan fingerprint density at radius 3 is 2.60 bits per heavy atom. The molecule has 5 rings (SSSR count). The molecule has 3 heterocycles. The zero-order valence-corrected chi connectivity index (χ0v) is 17.3. The number of fused-ring (bicyclic) bond motifs is 2. The summed E-state index contributed by atoms with van der Waals surface area (Å²) in [5.41, 5.74) is 3.41. The van der Waals surface area contributed by atoms with Gasteiger partial charge in [0.2, 0.25) is 0 Å². The predicted octanol–water partition coefficient (Wildman–Crippen LogP) is 3.03. The molecule has 0 amide bonds. The Balaban J connectivity index is 1.43. The van der Waals surface area contributed by atoms with Crippen molar-refractivity contribution < 1.29 is 5.11 Å². The van der Waals surface area contributed by atoms with Crippen LogP contribution in [0.4, 0.5) is 5.82 Å². The minimum absolute atomic E-state index is 0.00649. The van der Waals surface area contributed by atoms with Gasteiger partial charge in [0.15, 0.2) is 5.82 Å². The Morgan fingerprint density at radius 2 is 1.83 bits per heavy atom. The second kappa shape index (κ2) is 6.93. The van der Waals surface area contributed by atoms with Gasteiger partial charge in [0.1, 0.15) is 17.4 Å². The average molecular weight is 403 g/mol. The number of para-hydroxylation sites is 1. The van der Waals surface area contributed by atoms with Crippen LogP contribution in [0, 0.1) is 13.8 Å². The largest absolute Gasteiger partial charge is 0.507 e. The molecule has 0 atom stereocenters. The minimum atomic E-state index is -0.00649. The minimum Gasteiger partial charge on any atom is -0.507 e. The predicted molar refractivity (Wildman–Crippen MR) is 115 cm³/mol. The average Bonchev–Trinajstić information content (AvgIpc) is 3.07. The van der Waals surface area contributed by atoms with Crippen molar-refractivity contribution in [2.45, 2.75) is 44.9 Å². The van der Waals surface area contributed by atoms with E-state index in [4.69, 9.17) is 9.97 Å². The van der Waals surface area contributed by atoms with E-state index in [1.807, 2.05) is 32.0 Å². The lowest BCUT2D eigenvalue weighted by atomic mass is 9.76. The number of aromatic nitrogens is 4. The van der Waals surface area contributed by atoms with E-state index in [2.05, 4.69) is 14.9 Å². The number of phenolic OH excluding ortho intramolecular Hbond substituents is 1. The molecule has 1 saturated heterocycles. The standard InChI is InChI=1S/C23H25N5O2/c1-14-13-19(27-21(24-14)16-5-3-4-6-18(16)29)28-11-9-23(10-12-28)8-7-17-20(23)25-15(2)26-22(17)30/h3-6,13,29H,7-12H2,1-2H3,(H,25,26,30). The van der Waals surface area contributed by atoms with E-state index in [0.29, 0.717) is 17.2 Å². The molecule has 1 spiro atoms. The van der Waals surface area contributed by atoms with Gasteiger partial charge in [-0.3, -0.25) is 4.79 Å². The second-order valence-corrected chi connectivity index (χ2v) is 8.45. The fourth-order valence-electron chi connectivity index (χ4n) is 4.91. The number of aromatic amines is 1. The number of rotatable bonds is 2. The van der Waals surface area contributed by atoms with Crippen molar-refractivity contribution in [3.63, 3.8) is 0 Å². The Bertz CT molecular complexity index is 1180. The molecule has 1 aliphatic heterocycles. The van der Waals surface area contributed by atoms with Crippen LogP contribution in [0.5, 0.6) is 5.75 Å². The highest BCUT2D eigenvalue weighted by atomic mass is 16.3. The quantitative estimate of drug-likeness (QED) is 0.683. The molecular weight excluding hydrogens is 378 g/mol. The zero-order chi connectivity index (χ0) is 20.9. The van der Waals surface area contributed by atoms with E-state index >= 15 is 0 Å². The van der Waals surface area contributed by atoms with Gasteiger partial charge in [0.25, 0.3) is 5.56 Å². The van der Waals surface area contributed by atoms with E-state index in [0.717, 1.165) is 61.5 Å². The summed E-state index contributed by atoms with van der Waals surface area (Å²) in [6, 6.07) is 9.15. The number of aryl methyl sites for hydroxylation is 2. The van der Waals surface area contributed by atoms with Crippen LogP contribution in [-0.2, 0) is 11.8 Å². The first-order valence-electron chi connectivity index (χ1n) is 10.4. The van der Waals surface area contributed by atoms with Crippen LogP contribution < -0.4 is 10.5 Å². The third-order valence-corrected chi connectivity index (χ3v) is 6.52. The highest BCUT2D eigenvalue weighted by Gasteiger charge is 2.44. The van der Waals surface area contributed by atoms with Gasteiger partial charge in [-0.2, -0.15) is 0 Å². The Hall–Kier alpha value is -3.22. The Labute approximate surface area is 174 Å². The van der Waals surface area contributed by atoms with Gasteiger partial charge in [-0.1, -0.05) is 12.1 Å². The van der Waals surface area contributed by atoms with E-state index in [-0.39, 0.29) is 16.7 Å². The van der Waals surface area contributed by atoms with Crippen molar-refractivity contribution in [3.05, 3.63) is 63.5 Å². The molecule has 1 aromatic carbocycles. The SMILES string of the molecule is Cc1cc(N2CCC3(CCc4c3nc(C)[nH]c4=O)CC2)nc(-c2ccccc2O)n1. The van der Waals surface area contributed by atoms with Gasteiger partial charge in [-0.25, -0.2) is 15.0 Å². The lowest BCUT2D eigenvalue weighted by Gasteiger charge is -2.40. The van der Waals surface area contributed by atoms with Gasteiger partial charge >= 0.3 is 0 Å². The second-order valence-electron chi connectivity index (χ2n) is 8.45. The van der Waals surface area contributed by atoms with Crippen LogP contribution >= 0.6 is 0 Å². The molecule has 154 valence electrons. The van der Waals surface area contributed by atoms with Crippen molar-refractivity contribution in [2.75, 3.05) is 18.0 Å². The summed E-state index contributed by atoms with van der Waals surface area (Å²) in [7, 11) is 0. The molecule has 0 saturated carbocycles. The van der Waals surface area contributed by atoms with Crippen molar-refractivity contribution in [1.29, 1.82) is 0 Å². The molecule has 2 aliphatic rings. The topological polar surface area (TPSA) is 95.0 Å². The zero-order valence-electron chi connectivity index (χ0n) is 17.3. The fourth-order valence-corrected chi connectivity index (χ4v) is 4.91. The summed E-state index contributed by atoms with van der Waals surface area (Å²) in [6.07, 6.45) is 3.69. The van der Waals surface area contributed by atoms with E-state index in [1.165, 1.54) is 0 Å². The molecule has 7 nitrogen and oxygen atoms in total. The maximum absolute atomic E-state index is 12.3. The van der Waals surface area contributed by atoms with Crippen molar-refractivity contribution >= 4 is 5.82 Å². The first kappa shape index (κ1) is 18.8. The van der Waals surface area contributed by atoms with Crippen molar-refractivity contribution in [2.24, 2.45) is 0 Å². The molecule has 30 heavy (non-hydrogen) atoms. The maximum Gasteiger partial charge on any atom is 0.254 e. The highest BCUT2D eigenvalue weighted by molar-refractivity contribution is 5.65. The molecule has 2 N–H and O–H groups in total. The number of nitrogens with one attached hydrogen (secondary N) is 1. The summed E-state index contributed by atoms with van der Waals surface area (Å²) in [4.78, 5) is 31.5. The van der Waals surface area contributed by atoms with Crippen molar-refractivity contribution in [1.82, 2.24) is 19.9 Å². The summed E-state index contributed by atoms with van der Waals surface area (Å²) in [6.45, 7) is 5.51. The van der Waals surface area contributed by atoms with E-state index < -0.39 is 0 Å². The first-order chi connectivity index (χ1) is 14.4. The molecule has 0 unspecified atom stereocenters. The monoisotopic (exact) mass is 403 g/mol. The van der Waals surface area contributed by atoms with Crippen LogP contribution in [0.15, 0.2) is 35.1 Å². The van der Waals surface area contributed by atoms with Gasteiger partial charge in [-0.15, -0.1) is 0 Å². The summed E-state index contributed by atoms with van der Waals surface area (Å²) in [5, 5.41) is 10.2. The number of phenols is 1. The number of piperidine rings is 1. The number of anilines is 1. The molecular formula is C23H25N5O2. The number of hydrogen-bond acceptors (Lipinski definition) is 6. The van der Waals surface area contributed by atoms with E-state index in [1.54, 1.807) is 12.1 Å². The molecule has 1 fully saturated rings. The highest BCUT2D eigenvalue weighted by Crippen LogP contribution is 2.44. The smallest absolute Gasteiger partial charge is 0.254 e. The number of nitrogens with zero attached hydrogens (tertiary/aromatic N) is 4. The van der Waals surface area contributed by atoms with Crippen LogP contribution in [0.3, 0.4) is 0 Å². The van der Waals surface area contributed by atoms with Gasteiger partial charge in [0.05, 0.1) is 11.3 Å². The fraction of sp³-hybridized carbons (Fsp3) is 0.391. The molecule has 0 bridgehead atoms. The van der Waals surface area contributed by atoms with Gasteiger partial charge in [-0.05, 0) is 51.7 Å². The molecule has 7 heteroatoms. The van der Waals surface area contributed by atoms with E-state index in [9.17, 15) is 9.90 Å². The maximum atomic E-state index is 12.3. The number of H-pyrrole nitrogens is 1. The van der Waals surface area contributed by atoms with Gasteiger partial charge in [0, 0.05) is 35.8 Å². The Morgan fingerprint density at radius 1 is 1.07 bits per heavy atom. The number of hydrogen-bond donors (Lipinski definition) is 2. The summed E-state index contributed by atoms with van der Waals surface area (Å²) >= 11 is 0. The first-order valence-corrected chi connectivity index (χ1v) is 10.4. The Kier molecular flexibility index (Phi) is 4.34. The van der Waals surface area contributed by atoms with Crippen LogP contribution in [0.25, 0.3) is 11.4 Å². The molecule has 2 aromatic heterocycles. The van der Waals surface area contributed by atoms with Crippen molar-refractivity contribution in [3.8, 4) is 17.1 Å². The van der Waals surface area contributed by atoms with Gasteiger partial charge < -0.3 is 15.0 Å². The molecule has 3 aromatic rings. The van der Waals surface area contributed by atoms with Crippen LogP contribution in [0.1, 0.15) is 42.0 Å². The lowest BCUT2D eigenvalue weighted by molar-refractivity contribution is 0.321. The lowest BCUT2D eigenvalue weighted by Crippen LogP contribution is -2.42. The number of benzene rings is 1. The third kappa shape index (κ3) is 3.05.